The average Bonchev–Trinajstić information content (AvgIpc) is 3.37. The van der Waals surface area contributed by atoms with Crippen molar-refractivity contribution in [1.29, 1.82) is 0 Å². The third-order valence-corrected chi connectivity index (χ3v) is 5.83. The van der Waals surface area contributed by atoms with E-state index in [0.717, 1.165) is 67.4 Å². The quantitative estimate of drug-likeness (QED) is 0.627. The number of piperidine rings is 1. The second kappa shape index (κ2) is 7.55. The van der Waals surface area contributed by atoms with Crippen LogP contribution in [0, 0.1) is 5.92 Å². The molecule has 0 aromatic carbocycles. The summed E-state index contributed by atoms with van der Waals surface area (Å²) in [6, 6.07) is 2.08. The number of amides is 1. The zero-order chi connectivity index (χ0) is 18.8. The summed E-state index contributed by atoms with van der Waals surface area (Å²) in [7, 11) is 0. The van der Waals surface area contributed by atoms with E-state index in [-0.39, 0.29) is 23.7 Å². The molecule has 0 bridgehead atoms. The van der Waals surface area contributed by atoms with Crippen LogP contribution in [0.2, 0.25) is 0 Å². The number of likely N-dealkylation sites (tertiary alicyclic amines) is 1. The van der Waals surface area contributed by atoms with Crippen LogP contribution in [0.15, 0.2) is 31.1 Å². The monoisotopic (exact) mass is 366 g/mol. The number of nitrogens with zero attached hydrogens (tertiary/aromatic N) is 2. The number of anilines is 1. The molecule has 0 radical (unpaired) electrons. The molecule has 2 aromatic rings. The van der Waals surface area contributed by atoms with Crippen LogP contribution in [0.1, 0.15) is 48.9 Å². The second-order valence-corrected chi connectivity index (χ2v) is 7.60. The maximum atomic E-state index is 13.0. The summed E-state index contributed by atoms with van der Waals surface area (Å²) in [4.78, 5) is 34.3. The van der Waals surface area contributed by atoms with Gasteiger partial charge in [-0.05, 0) is 37.8 Å². The Morgan fingerprint density at radius 3 is 2.85 bits per heavy atom. The van der Waals surface area contributed by atoms with Gasteiger partial charge in [0.1, 0.15) is 5.65 Å². The maximum Gasteiger partial charge on any atom is 0.246 e. The first kappa shape index (κ1) is 17.8. The van der Waals surface area contributed by atoms with Crippen molar-refractivity contribution in [3.63, 3.8) is 0 Å². The molecule has 1 aliphatic heterocycles. The van der Waals surface area contributed by atoms with Crippen LogP contribution >= 0.6 is 0 Å². The molecule has 1 unspecified atom stereocenters. The summed E-state index contributed by atoms with van der Waals surface area (Å²) >= 11 is 0. The molecule has 2 aromatic heterocycles. The number of pyridine rings is 1. The molecule has 1 atom stereocenters. The van der Waals surface area contributed by atoms with E-state index in [1.165, 1.54) is 6.08 Å². The van der Waals surface area contributed by atoms with Gasteiger partial charge in [-0.3, -0.25) is 9.59 Å². The zero-order valence-electron chi connectivity index (χ0n) is 15.5. The van der Waals surface area contributed by atoms with Crippen LogP contribution in [0.4, 0.5) is 5.69 Å². The Morgan fingerprint density at radius 1 is 1.26 bits per heavy atom. The van der Waals surface area contributed by atoms with Crippen LogP contribution in [0.5, 0.6) is 0 Å². The lowest BCUT2D eigenvalue weighted by atomic mass is 9.95. The van der Waals surface area contributed by atoms with Crippen molar-refractivity contribution in [3.05, 3.63) is 36.7 Å². The Kier molecular flexibility index (Phi) is 4.97. The van der Waals surface area contributed by atoms with Crippen molar-refractivity contribution in [1.82, 2.24) is 14.9 Å². The van der Waals surface area contributed by atoms with Gasteiger partial charge in [-0.2, -0.15) is 0 Å². The number of hydrogen-bond acceptors (Lipinski definition) is 4. The van der Waals surface area contributed by atoms with Crippen molar-refractivity contribution < 1.29 is 9.59 Å². The highest BCUT2D eigenvalue weighted by Gasteiger charge is 2.28. The first-order valence-corrected chi connectivity index (χ1v) is 9.85. The Balaban J connectivity index is 1.60. The Hall–Kier alpha value is -2.63. The smallest absolute Gasteiger partial charge is 0.246 e. The molecule has 2 N–H and O–H groups in total. The summed E-state index contributed by atoms with van der Waals surface area (Å²) < 4.78 is 0. The van der Waals surface area contributed by atoms with Crippen molar-refractivity contribution in [3.8, 4) is 0 Å². The maximum absolute atomic E-state index is 13.0. The van der Waals surface area contributed by atoms with Gasteiger partial charge in [0, 0.05) is 48.7 Å². The molecule has 4 rings (SSSR count). The van der Waals surface area contributed by atoms with Crippen LogP contribution < -0.4 is 5.32 Å². The predicted molar refractivity (Wildman–Crippen MR) is 106 cm³/mol. The van der Waals surface area contributed by atoms with E-state index in [4.69, 9.17) is 0 Å². The fraction of sp³-hybridized carbons (Fsp3) is 0.476. The lowest BCUT2D eigenvalue weighted by Crippen LogP contribution is -2.44. The lowest BCUT2D eigenvalue weighted by molar-refractivity contribution is -0.127. The van der Waals surface area contributed by atoms with Gasteiger partial charge < -0.3 is 15.2 Å². The fourth-order valence-corrected chi connectivity index (χ4v) is 4.42. The summed E-state index contributed by atoms with van der Waals surface area (Å²) in [5.74, 6) is 0.328. The minimum atomic E-state index is -0.0277. The number of aromatic amines is 1. The highest BCUT2D eigenvalue weighted by atomic mass is 16.2. The normalized spacial score (nSPS) is 20.7. The summed E-state index contributed by atoms with van der Waals surface area (Å²) in [5, 5.41) is 4.44. The van der Waals surface area contributed by atoms with Crippen molar-refractivity contribution in [2.45, 2.75) is 44.6 Å². The van der Waals surface area contributed by atoms with Crippen molar-refractivity contribution in [2.75, 3.05) is 18.4 Å². The van der Waals surface area contributed by atoms with Crippen LogP contribution in [-0.4, -0.2) is 45.7 Å². The van der Waals surface area contributed by atoms with E-state index in [1.54, 1.807) is 12.4 Å². The predicted octanol–water partition coefficient (Wildman–Crippen LogP) is 3.52. The minimum absolute atomic E-state index is 0.0277. The molecule has 0 spiro atoms. The molecule has 1 saturated carbocycles. The van der Waals surface area contributed by atoms with Gasteiger partial charge in [-0.1, -0.05) is 19.4 Å². The SMILES string of the molecule is C=CC(=O)N1CCCC(Nc2ccnc3[nH]cc(C(=O)C4CCCC4)c23)C1. The highest BCUT2D eigenvalue weighted by molar-refractivity contribution is 6.12. The molecule has 6 nitrogen and oxygen atoms in total. The minimum Gasteiger partial charge on any atom is -0.380 e. The zero-order valence-corrected chi connectivity index (χ0v) is 15.5. The van der Waals surface area contributed by atoms with Gasteiger partial charge >= 0.3 is 0 Å². The molecule has 27 heavy (non-hydrogen) atoms. The van der Waals surface area contributed by atoms with E-state index in [2.05, 4.69) is 21.9 Å². The number of carbonyl (C=O) groups excluding carboxylic acids is 2. The van der Waals surface area contributed by atoms with Crippen molar-refractivity contribution in [2.24, 2.45) is 5.92 Å². The number of aromatic nitrogens is 2. The molecular formula is C21H26N4O2. The standard InChI is InChI=1S/C21H26N4O2/c1-2-18(26)25-11-5-8-15(13-25)24-17-9-10-22-21-19(17)16(12-23-21)20(27)14-6-3-4-7-14/h2,9-10,12,14-15H,1,3-8,11,13H2,(H2,22,23,24). The number of hydrogen-bond donors (Lipinski definition) is 2. The lowest BCUT2D eigenvalue weighted by Gasteiger charge is -2.33. The Morgan fingerprint density at radius 2 is 2.07 bits per heavy atom. The first-order valence-electron chi connectivity index (χ1n) is 9.85. The molecule has 6 heteroatoms. The van der Waals surface area contributed by atoms with Gasteiger partial charge in [-0.15, -0.1) is 0 Å². The Labute approximate surface area is 159 Å². The highest BCUT2D eigenvalue weighted by Crippen LogP contribution is 2.33. The Bertz CT molecular complexity index is 866. The molecule has 1 aliphatic carbocycles. The number of H-pyrrole nitrogens is 1. The number of Topliss-reactive ketones (excluding diaryl/α,β-unsaturated/α-hetero) is 1. The van der Waals surface area contributed by atoms with E-state index < -0.39 is 0 Å². The number of nitrogens with one attached hydrogen (secondary N) is 2. The largest absolute Gasteiger partial charge is 0.380 e. The van der Waals surface area contributed by atoms with Gasteiger partial charge in [0.15, 0.2) is 5.78 Å². The summed E-state index contributed by atoms with van der Waals surface area (Å²) in [6.45, 7) is 5.00. The van der Waals surface area contributed by atoms with Crippen LogP contribution in [-0.2, 0) is 4.79 Å². The molecule has 2 aliphatic rings. The molecular weight excluding hydrogens is 340 g/mol. The summed E-state index contributed by atoms with van der Waals surface area (Å²) in [6.07, 6.45) is 11.1. The molecule has 3 heterocycles. The van der Waals surface area contributed by atoms with E-state index >= 15 is 0 Å². The molecule has 1 saturated heterocycles. The van der Waals surface area contributed by atoms with Crippen LogP contribution in [0.3, 0.4) is 0 Å². The molecule has 142 valence electrons. The van der Waals surface area contributed by atoms with Gasteiger partial charge in [0.2, 0.25) is 5.91 Å². The average molecular weight is 366 g/mol. The molecule has 2 fully saturated rings. The third-order valence-electron chi connectivity index (χ3n) is 5.83. The van der Waals surface area contributed by atoms with Gasteiger partial charge in [0.25, 0.3) is 0 Å². The number of rotatable bonds is 5. The first-order chi connectivity index (χ1) is 13.2. The van der Waals surface area contributed by atoms with E-state index in [9.17, 15) is 9.59 Å². The summed E-state index contributed by atoms with van der Waals surface area (Å²) in [5.41, 5.74) is 2.39. The van der Waals surface area contributed by atoms with Crippen molar-refractivity contribution >= 4 is 28.4 Å². The van der Waals surface area contributed by atoms with E-state index in [0.29, 0.717) is 6.54 Å². The topological polar surface area (TPSA) is 78.1 Å². The van der Waals surface area contributed by atoms with Gasteiger partial charge in [-0.25, -0.2) is 4.98 Å². The number of carbonyl (C=O) groups is 2. The number of ketones is 1. The van der Waals surface area contributed by atoms with Gasteiger partial charge in [0.05, 0.1) is 5.39 Å². The third kappa shape index (κ3) is 3.48. The number of fused-ring (bicyclic) bond motifs is 1. The van der Waals surface area contributed by atoms with E-state index in [1.807, 2.05) is 11.0 Å². The molecule has 1 amide bonds. The van der Waals surface area contributed by atoms with Crippen LogP contribution in [0.25, 0.3) is 11.0 Å². The second-order valence-electron chi connectivity index (χ2n) is 7.60. The fourth-order valence-electron chi connectivity index (χ4n) is 4.42.